The minimum atomic E-state index is -1.08. The molecule has 1 aromatic rings. The molecule has 0 aromatic heterocycles. The number of carbonyl (C=O) groups is 2. The van der Waals surface area contributed by atoms with Crippen LogP contribution in [-0.4, -0.2) is 42.3 Å². The molecule has 0 atom stereocenters. The Hall–Kier alpha value is -1.86. The Morgan fingerprint density at radius 3 is 2.36 bits per heavy atom. The van der Waals surface area contributed by atoms with Crippen LogP contribution in [0.4, 0.5) is 0 Å². The molecule has 0 aliphatic carbocycles. The monoisotopic (exact) mass is 306 g/mol. The fourth-order valence-corrected chi connectivity index (χ4v) is 2.07. The average Bonchev–Trinajstić information content (AvgIpc) is 2.64. The molecule has 0 bridgehead atoms. The highest BCUT2D eigenvalue weighted by Crippen LogP contribution is 2.36. The Balaban J connectivity index is 2.25. The van der Waals surface area contributed by atoms with Crippen molar-refractivity contribution in [2.24, 2.45) is 0 Å². The standard InChI is InChI=1S/C15H19BO6/c1-14(2)15(3,4)22-16(21-14)12-6-5-11(7-10(12)8-17)20-9-13(18)19/h5-8H,9H2,1-4H3,(H,18,19). The third-order valence-electron chi connectivity index (χ3n) is 4.05. The summed E-state index contributed by atoms with van der Waals surface area (Å²) < 4.78 is 16.9. The van der Waals surface area contributed by atoms with Crippen LogP contribution in [0.25, 0.3) is 0 Å². The minimum absolute atomic E-state index is 0.310. The zero-order chi connectivity index (χ0) is 16.5. The van der Waals surface area contributed by atoms with E-state index in [1.54, 1.807) is 12.1 Å². The summed E-state index contributed by atoms with van der Waals surface area (Å²) in [6, 6.07) is 4.73. The first-order chi connectivity index (χ1) is 10.2. The van der Waals surface area contributed by atoms with Gasteiger partial charge in [0.15, 0.2) is 6.61 Å². The average molecular weight is 306 g/mol. The molecule has 118 valence electrons. The van der Waals surface area contributed by atoms with E-state index < -0.39 is 30.9 Å². The van der Waals surface area contributed by atoms with Crippen molar-refractivity contribution in [2.45, 2.75) is 38.9 Å². The smallest absolute Gasteiger partial charge is 0.482 e. The molecule has 7 heteroatoms. The van der Waals surface area contributed by atoms with E-state index in [0.717, 1.165) is 0 Å². The van der Waals surface area contributed by atoms with Crippen LogP contribution in [0, 0.1) is 0 Å². The Kier molecular flexibility index (Phi) is 4.31. The molecule has 1 fully saturated rings. The summed E-state index contributed by atoms with van der Waals surface area (Å²) in [5, 5.41) is 8.61. The van der Waals surface area contributed by atoms with Gasteiger partial charge in [0.2, 0.25) is 0 Å². The van der Waals surface area contributed by atoms with Gasteiger partial charge >= 0.3 is 13.1 Å². The van der Waals surface area contributed by atoms with Gasteiger partial charge in [-0.15, -0.1) is 0 Å². The lowest BCUT2D eigenvalue weighted by Gasteiger charge is -2.32. The lowest BCUT2D eigenvalue weighted by Crippen LogP contribution is -2.41. The molecular formula is C15H19BO6. The molecule has 1 aromatic carbocycles. The summed E-state index contributed by atoms with van der Waals surface area (Å²) in [5.74, 6) is -0.771. The number of carbonyl (C=O) groups excluding carboxylic acids is 1. The van der Waals surface area contributed by atoms with E-state index >= 15 is 0 Å². The molecule has 0 spiro atoms. The SMILES string of the molecule is CC1(C)OB(c2ccc(OCC(=O)O)cc2C=O)OC1(C)C. The topological polar surface area (TPSA) is 82.1 Å². The van der Waals surface area contributed by atoms with E-state index in [1.165, 1.54) is 6.07 Å². The van der Waals surface area contributed by atoms with Crippen LogP contribution in [0.1, 0.15) is 38.1 Å². The Morgan fingerprint density at radius 1 is 1.27 bits per heavy atom. The van der Waals surface area contributed by atoms with Crippen LogP contribution < -0.4 is 10.2 Å². The Bertz CT molecular complexity index is 580. The largest absolute Gasteiger partial charge is 0.495 e. The highest BCUT2D eigenvalue weighted by atomic mass is 16.7. The van der Waals surface area contributed by atoms with Gasteiger partial charge in [-0.3, -0.25) is 4.79 Å². The molecule has 0 saturated carbocycles. The molecular weight excluding hydrogens is 287 g/mol. The van der Waals surface area contributed by atoms with Gasteiger partial charge in [0, 0.05) is 5.56 Å². The van der Waals surface area contributed by atoms with Crippen molar-refractivity contribution in [1.82, 2.24) is 0 Å². The zero-order valence-corrected chi connectivity index (χ0v) is 13.1. The van der Waals surface area contributed by atoms with Crippen LogP contribution in [0.5, 0.6) is 5.75 Å². The molecule has 1 aliphatic heterocycles. The lowest BCUT2D eigenvalue weighted by molar-refractivity contribution is -0.139. The molecule has 22 heavy (non-hydrogen) atoms. The van der Waals surface area contributed by atoms with Crippen molar-refractivity contribution < 1.29 is 28.7 Å². The first-order valence-electron chi connectivity index (χ1n) is 6.95. The molecule has 6 nitrogen and oxygen atoms in total. The first-order valence-corrected chi connectivity index (χ1v) is 6.95. The molecule has 0 amide bonds. The number of carboxylic acid groups (broad SMARTS) is 1. The molecule has 0 unspecified atom stereocenters. The summed E-state index contributed by atoms with van der Waals surface area (Å²) in [7, 11) is -0.654. The van der Waals surface area contributed by atoms with Crippen molar-refractivity contribution >= 4 is 24.8 Å². The van der Waals surface area contributed by atoms with Crippen LogP contribution in [0.3, 0.4) is 0 Å². The Morgan fingerprint density at radius 2 is 1.86 bits per heavy atom. The predicted molar refractivity (Wildman–Crippen MR) is 80.7 cm³/mol. The van der Waals surface area contributed by atoms with Gasteiger partial charge in [0.25, 0.3) is 0 Å². The number of benzene rings is 1. The van der Waals surface area contributed by atoms with E-state index in [2.05, 4.69) is 0 Å². The summed E-state index contributed by atoms with van der Waals surface area (Å²) in [6.07, 6.45) is 0.675. The number of carboxylic acids is 1. The minimum Gasteiger partial charge on any atom is -0.482 e. The second-order valence-corrected chi connectivity index (χ2v) is 6.18. The number of rotatable bonds is 5. The fourth-order valence-electron chi connectivity index (χ4n) is 2.07. The zero-order valence-electron chi connectivity index (χ0n) is 13.1. The molecule has 1 N–H and O–H groups in total. The van der Waals surface area contributed by atoms with Gasteiger partial charge in [0.05, 0.1) is 11.2 Å². The normalized spacial score (nSPS) is 19.0. The number of aldehydes is 1. The second kappa shape index (κ2) is 5.74. The van der Waals surface area contributed by atoms with E-state index in [4.69, 9.17) is 19.2 Å². The van der Waals surface area contributed by atoms with Gasteiger partial charge in [-0.25, -0.2) is 4.79 Å². The van der Waals surface area contributed by atoms with Crippen molar-refractivity contribution in [1.29, 1.82) is 0 Å². The van der Waals surface area contributed by atoms with E-state index in [1.807, 2.05) is 27.7 Å². The van der Waals surface area contributed by atoms with Gasteiger partial charge in [-0.05, 0) is 45.3 Å². The van der Waals surface area contributed by atoms with Gasteiger partial charge in [0.1, 0.15) is 12.0 Å². The third kappa shape index (κ3) is 3.15. The third-order valence-corrected chi connectivity index (χ3v) is 4.05. The molecule has 1 heterocycles. The first kappa shape index (κ1) is 16.5. The van der Waals surface area contributed by atoms with Crippen molar-refractivity contribution in [3.05, 3.63) is 23.8 Å². The number of ether oxygens (including phenoxy) is 1. The summed E-state index contributed by atoms with van der Waals surface area (Å²) >= 11 is 0. The van der Waals surface area contributed by atoms with Crippen molar-refractivity contribution in [3.8, 4) is 5.75 Å². The maximum atomic E-state index is 11.3. The lowest BCUT2D eigenvalue weighted by atomic mass is 9.76. The van der Waals surface area contributed by atoms with Crippen LogP contribution >= 0.6 is 0 Å². The number of aliphatic carboxylic acids is 1. The van der Waals surface area contributed by atoms with Crippen molar-refractivity contribution in [3.63, 3.8) is 0 Å². The van der Waals surface area contributed by atoms with Gasteiger partial charge < -0.3 is 19.2 Å². The maximum Gasteiger partial charge on any atom is 0.495 e. The quantitative estimate of drug-likeness (QED) is 0.651. The van der Waals surface area contributed by atoms with E-state index in [9.17, 15) is 9.59 Å². The number of hydrogen-bond donors (Lipinski definition) is 1. The summed E-state index contributed by atoms with van der Waals surface area (Å²) in [6.45, 7) is 7.25. The molecule has 2 rings (SSSR count). The second-order valence-electron chi connectivity index (χ2n) is 6.18. The van der Waals surface area contributed by atoms with Gasteiger partial charge in [-0.2, -0.15) is 0 Å². The van der Waals surface area contributed by atoms with E-state index in [0.29, 0.717) is 23.1 Å². The number of hydrogen-bond acceptors (Lipinski definition) is 5. The van der Waals surface area contributed by atoms with E-state index in [-0.39, 0.29) is 0 Å². The molecule has 1 aliphatic rings. The summed E-state index contributed by atoms with van der Waals surface area (Å²) in [4.78, 5) is 21.8. The predicted octanol–water partition coefficient (Wildman–Crippen LogP) is 1.26. The van der Waals surface area contributed by atoms with Gasteiger partial charge in [-0.1, -0.05) is 6.07 Å². The highest BCUT2D eigenvalue weighted by Gasteiger charge is 2.52. The van der Waals surface area contributed by atoms with Crippen LogP contribution in [0.2, 0.25) is 0 Å². The summed E-state index contributed by atoms with van der Waals surface area (Å²) in [5.41, 5.74) is -0.0650. The fraction of sp³-hybridized carbons (Fsp3) is 0.467. The van der Waals surface area contributed by atoms with Crippen LogP contribution in [-0.2, 0) is 14.1 Å². The molecule has 1 saturated heterocycles. The van der Waals surface area contributed by atoms with Crippen molar-refractivity contribution in [2.75, 3.05) is 6.61 Å². The Labute approximate surface area is 129 Å². The molecule has 0 radical (unpaired) electrons. The van der Waals surface area contributed by atoms with Crippen LogP contribution in [0.15, 0.2) is 18.2 Å². The maximum absolute atomic E-state index is 11.3. The highest BCUT2D eigenvalue weighted by molar-refractivity contribution is 6.63.